The molecule has 0 aromatic heterocycles. The van der Waals surface area contributed by atoms with Crippen molar-refractivity contribution in [3.05, 3.63) is 0 Å². The Morgan fingerprint density at radius 1 is 1.47 bits per heavy atom. The third-order valence-corrected chi connectivity index (χ3v) is 4.28. The van der Waals surface area contributed by atoms with Gasteiger partial charge in [-0.2, -0.15) is 0 Å². The maximum Gasteiger partial charge on any atom is 0.0995 e. The average Bonchev–Trinajstić information content (AvgIpc) is 2.39. The Kier molecular flexibility index (Phi) is 3.56. The van der Waals surface area contributed by atoms with Crippen LogP contribution < -0.4 is 0 Å². The minimum Gasteiger partial charge on any atom is -0.360 e. The van der Waals surface area contributed by atoms with Gasteiger partial charge in [0.05, 0.1) is 13.7 Å². The molecule has 0 N–H and O–H groups in total. The van der Waals surface area contributed by atoms with E-state index < -0.39 is 0 Å². The van der Waals surface area contributed by atoms with Gasteiger partial charge in [0.1, 0.15) is 0 Å². The van der Waals surface area contributed by atoms with Crippen molar-refractivity contribution in [3.8, 4) is 0 Å². The van der Waals surface area contributed by atoms with Crippen LogP contribution in [0.25, 0.3) is 0 Å². The molecule has 2 rings (SSSR count). The van der Waals surface area contributed by atoms with E-state index in [0.29, 0.717) is 12.1 Å². The van der Waals surface area contributed by atoms with E-state index >= 15 is 0 Å². The molecule has 0 aromatic rings. The van der Waals surface area contributed by atoms with Gasteiger partial charge in [-0.3, -0.25) is 4.99 Å². The van der Waals surface area contributed by atoms with Crippen LogP contribution in [0.3, 0.4) is 0 Å². The Balaban J connectivity index is 2.15. The molecule has 3 atom stereocenters. The van der Waals surface area contributed by atoms with Crippen molar-refractivity contribution < 1.29 is 0 Å². The van der Waals surface area contributed by atoms with Crippen LogP contribution in [0.4, 0.5) is 0 Å². The van der Waals surface area contributed by atoms with Gasteiger partial charge in [-0.1, -0.05) is 31.5 Å². The van der Waals surface area contributed by atoms with Gasteiger partial charge in [-0.05, 0) is 26.2 Å². The molecule has 17 heavy (non-hydrogen) atoms. The first kappa shape index (κ1) is 13.0. The third kappa shape index (κ3) is 2.86. The SMILES string of the molecule is [B]C1(C)CCCC2C(CC(=NC(C)C)N2C)C1. The van der Waals surface area contributed by atoms with E-state index in [4.69, 9.17) is 12.8 Å². The summed E-state index contributed by atoms with van der Waals surface area (Å²) in [6.45, 7) is 6.52. The Bertz CT molecular complexity index is 309. The maximum atomic E-state index is 6.37. The zero-order valence-corrected chi connectivity index (χ0v) is 11.7. The van der Waals surface area contributed by atoms with E-state index in [0.717, 1.165) is 18.8 Å². The zero-order chi connectivity index (χ0) is 12.6. The second-order valence-corrected chi connectivity index (χ2v) is 6.53. The first-order chi connectivity index (χ1) is 7.89. The Morgan fingerprint density at radius 2 is 2.18 bits per heavy atom. The molecule has 1 heterocycles. The predicted molar refractivity (Wildman–Crippen MR) is 74.8 cm³/mol. The standard InChI is InChI=1S/C14H25BN2/c1-10(2)16-13-8-11-9-14(3,15)7-5-6-12(11)17(13)4/h10-12H,5-9H2,1-4H3. The molecule has 2 nitrogen and oxygen atoms in total. The van der Waals surface area contributed by atoms with Crippen molar-refractivity contribution in [2.24, 2.45) is 10.9 Å². The molecule has 94 valence electrons. The summed E-state index contributed by atoms with van der Waals surface area (Å²) in [6, 6.07) is 1.08. The minimum absolute atomic E-state index is 0.0353. The topological polar surface area (TPSA) is 15.6 Å². The molecule has 0 aromatic carbocycles. The third-order valence-electron chi connectivity index (χ3n) is 4.28. The van der Waals surface area contributed by atoms with E-state index in [1.54, 1.807) is 0 Å². The van der Waals surface area contributed by atoms with Crippen molar-refractivity contribution in [2.45, 2.75) is 70.3 Å². The van der Waals surface area contributed by atoms with Crippen molar-refractivity contribution in [3.63, 3.8) is 0 Å². The van der Waals surface area contributed by atoms with Crippen LogP contribution in [0.2, 0.25) is 5.31 Å². The zero-order valence-electron chi connectivity index (χ0n) is 11.7. The fraction of sp³-hybridized carbons (Fsp3) is 0.929. The summed E-state index contributed by atoms with van der Waals surface area (Å²) in [5, 5.41) is 0.0353. The fourth-order valence-electron chi connectivity index (χ4n) is 3.52. The molecular formula is C14H25BN2. The second-order valence-electron chi connectivity index (χ2n) is 6.53. The first-order valence-corrected chi connectivity index (χ1v) is 6.97. The number of likely N-dealkylation sites (tertiary alicyclic amines) is 1. The molecule has 3 unspecified atom stereocenters. The van der Waals surface area contributed by atoms with Gasteiger partial charge in [-0.15, -0.1) is 0 Å². The lowest BCUT2D eigenvalue weighted by molar-refractivity contribution is 0.291. The number of nitrogens with zero attached hydrogens (tertiary/aromatic N) is 2. The monoisotopic (exact) mass is 232 g/mol. The number of hydrogen-bond donors (Lipinski definition) is 0. The number of rotatable bonds is 1. The molecule has 2 radical (unpaired) electrons. The van der Waals surface area contributed by atoms with Crippen LogP contribution >= 0.6 is 0 Å². The lowest BCUT2D eigenvalue weighted by Crippen LogP contribution is -2.31. The Labute approximate surface area is 107 Å². The molecule has 1 aliphatic carbocycles. The molecule has 0 amide bonds. The quantitative estimate of drug-likeness (QED) is 0.634. The van der Waals surface area contributed by atoms with Gasteiger partial charge in [0.15, 0.2) is 0 Å². The van der Waals surface area contributed by atoms with E-state index in [9.17, 15) is 0 Å². The number of hydrogen-bond acceptors (Lipinski definition) is 1. The summed E-state index contributed by atoms with van der Waals surface area (Å²) in [6.07, 6.45) is 5.99. The summed E-state index contributed by atoms with van der Waals surface area (Å²) in [7, 11) is 8.58. The fourth-order valence-corrected chi connectivity index (χ4v) is 3.52. The van der Waals surface area contributed by atoms with E-state index in [1.165, 1.54) is 25.1 Å². The largest absolute Gasteiger partial charge is 0.360 e. The molecule has 2 fully saturated rings. The van der Waals surface area contributed by atoms with Gasteiger partial charge in [0.25, 0.3) is 0 Å². The van der Waals surface area contributed by atoms with Gasteiger partial charge in [-0.25, -0.2) is 0 Å². The van der Waals surface area contributed by atoms with Gasteiger partial charge in [0, 0.05) is 25.6 Å². The van der Waals surface area contributed by atoms with Crippen LogP contribution in [-0.4, -0.2) is 37.7 Å². The summed E-state index contributed by atoms with van der Waals surface area (Å²) >= 11 is 0. The highest BCUT2D eigenvalue weighted by Crippen LogP contribution is 2.45. The highest BCUT2D eigenvalue weighted by molar-refractivity contribution is 6.14. The van der Waals surface area contributed by atoms with Crippen molar-refractivity contribution in [1.82, 2.24) is 4.90 Å². The number of aliphatic imine (C=N–C) groups is 1. The van der Waals surface area contributed by atoms with Crippen molar-refractivity contribution >= 4 is 13.7 Å². The van der Waals surface area contributed by atoms with Crippen LogP contribution in [0.1, 0.15) is 52.9 Å². The maximum absolute atomic E-state index is 6.37. The molecule has 1 aliphatic heterocycles. The highest BCUT2D eigenvalue weighted by Gasteiger charge is 2.40. The lowest BCUT2D eigenvalue weighted by Gasteiger charge is -2.27. The molecule has 3 heteroatoms. The first-order valence-electron chi connectivity index (χ1n) is 6.97. The van der Waals surface area contributed by atoms with Crippen LogP contribution in [0, 0.1) is 5.92 Å². The van der Waals surface area contributed by atoms with E-state index in [2.05, 4.69) is 32.7 Å². The summed E-state index contributed by atoms with van der Waals surface area (Å²) in [5.74, 6) is 2.02. The molecular weight excluding hydrogens is 207 g/mol. The molecule has 0 spiro atoms. The summed E-state index contributed by atoms with van der Waals surface area (Å²) < 4.78 is 0. The summed E-state index contributed by atoms with van der Waals surface area (Å²) in [5.41, 5.74) is 0. The smallest absolute Gasteiger partial charge is 0.0995 e. The lowest BCUT2D eigenvalue weighted by atomic mass is 9.64. The van der Waals surface area contributed by atoms with Crippen LogP contribution in [0.15, 0.2) is 4.99 Å². The number of amidine groups is 1. The van der Waals surface area contributed by atoms with E-state index in [-0.39, 0.29) is 5.31 Å². The van der Waals surface area contributed by atoms with E-state index in [1.807, 2.05) is 0 Å². The number of fused-ring (bicyclic) bond motifs is 1. The minimum atomic E-state index is 0.0353. The molecule has 0 bridgehead atoms. The summed E-state index contributed by atoms with van der Waals surface area (Å²) in [4.78, 5) is 7.18. The van der Waals surface area contributed by atoms with Gasteiger partial charge < -0.3 is 4.90 Å². The highest BCUT2D eigenvalue weighted by atomic mass is 15.2. The predicted octanol–water partition coefficient (Wildman–Crippen LogP) is 3.03. The van der Waals surface area contributed by atoms with Crippen LogP contribution in [-0.2, 0) is 0 Å². The molecule has 1 saturated carbocycles. The average molecular weight is 232 g/mol. The Morgan fingerprint density at radius 3 is 2.82 bits per heavy atom. The molecule has 1 saturated heterocycles. The van der Waals surface area contributed by atoms with Crippen LogP contribution in [0.5, 0.6) is 0 Å². The Hall–Kier alpha value is -0.465. The molecule has 2 aliphatic rings. The second kappa shape index (κ2) is 4.66. The van der Waals surface area contributed by atoms with Gasteiger partial charge >= 0.3 is 0 Å². The van der Waals surface area contributed by atoms with Crippen molar-refractivity contribution in [2.75, 3.05) is 7.05 Å². The van der Waals surface area contributed by atoms with Crippen molar-refractivity contribution in [1.29, 1.82) is 0 Å². The normalized spacial score (nSPS) is 40.8. The van der Waals surface area contributed by atoms with Gasteiger partial charge in [0.2, 0.25) is 0 Å².